The van der Waals surface area contributed by atoms with E-state index in [2.05, 4.69) is 24.5 Å². The first-order valence-electron chi connectivity index (χ1n) is 6.75. The lowest BCUT2D eigenvalue weighted by Gasteiger charge is -2.12. The van der Waals surface area contributed by atoms with Gasteiger partial charge in [-0.3, -0.25) is 14.9 Å². The van der Waals surface area contributed by atoms with E-state index in [0.29, 0.717) is 5.92 Å². The number of amides is 2. The molecule has 0 atom stereocenters. The Morgan fingerprint density at radius 2 is 1.76 bits per heavy atom. The topological polar surface area (TPSA) is 71.3 Å². The van der Waals surface area contributed by atoms with E-state index < -0.39 is 0 Å². The Balaban J connectivity index is 2.15. The number of hydrogen-bond donors (Lipinski definition) is 2. The van der Waals surface area contributed by atoms with E-state index in [1.807, 2.05) is 24.3 Å². The summed E-state index contributed by atoms with van der Waals surface area (Å²) < 4.78 is 5.28. The van der Waals surface area contributed by atoms with Crippen molar-refractivity contribution < 1.29 is 14.0 Å². The molecule has 21 heavy (non-hydrogen) atoms. The third kappa shape index (κ3) is 3.72. The Hall–Kier alpha value is -2.56. The van der Waals surface area contributed by atoms with Gasteiger partial charge in [-0.25, -0.2) is 0 Å². The zero-order chi connectivity index (χ0) is 15.4. The summed E-state index contributed by atoms with van der Waals surface area (Å²) in [6.45, 7) is 5.50. The molecule has 0 saturated heterocycles. The second kappa shape index (κ2) is 6.26. The lowest BCUT2D eigenvalue weighted by Crippen LogP contribution is -2.13. The van der Waals surface area contributed by atoms with Gasteiger partial charge < -0.3 is 9.73 Å². The van der Waals surface area contributed by atoms with E-state index >= 15 is 0 Å². The first-order chi connectivity index (χ1) is 9.97. The van der Waals surface area contributed by atoms with Crippen LogP contribution in [0, 0.1) is 0 Å². The first-order valence-corrected chi connectivity index (χ1v) is 6.75. The van der Waals surface area contributed by atoms with Crippen LogP contribution in [0.25, 0.3) is 0 Å². The molecular weight excluding hydrogens is 268 g/mol. The predicted octanol–water partition coefficient (Wildman–Crippen LogP) is 3.61. The Morgan fingerprint density at radius 3 is 2.43 bits per heavy atom. The van der Waals surface area contributed by atoms with Crippen molar-refractivity contribution in [1.29, 1.82) is 0 Å². The van der Waals surface area contributed by atoms with E-state index in [1.165, 1.54) is 13.0 Å². The van der Waals surface area contributed by atoms with Crippen molar-refractivity contribution in [2.45, 2.75) is 26.7 Å². The van der Waals surface area contributed by atoms with Crippen LogP contribution in [0.5, 0.6) is 0 Å². The molecule has 0 fully saturated rings. The van der Waals surface area contributed by atoms with E-state index in [-0.39, 0.29) is 23.5 Å². The van der Waals surface area contributed by atoms with Gasteiger partial charge in [-0.2, -0.15) is 0 Å². The second-order valence-corrected chi connectivity index (χ2v) is 5.04. The quantitative estimate of drug-likeness (QED) is 0.901. The number of benzene rings is 1. The maximum Gasteiger partial charge on any atom is 0.291 e. The molecule has 0 radical (unpaired) electrons. The highest BCUT2D eigenvalue weighted by Gasteiger charge is 2.14. The smallest absolute Gasteiger partial charge is 0.291 e. The molecule has 0 aliphatic carbocycles. The molecule has 0 unspecified atom stereocenters. The monoisotopic (exact) mass is 286 g/mol. The van der Waals surface area contributed by atoms with Crippen molar-refractivity contribution in [3.05, 3.63) is 47.7 Å². The molecule has 0 bridgehead atoms. The molecule has 0 aliphatic heterocycles. The van der Waals surface area contributed by atoms with Gasteiger partial charge in [0.15, 0.2) is 11.6 Å². The normalized spacial score (nSPS) is 10.5. The van der Waals surface area contributed by atoms with Gasteiger partial charge in [0.05, 0.1) is 0 Å². The van der Waals surface area contributed by atoms with Gasteiger partial charge in [-0.1, -0.05) is 32.0 Å². The van der Waals surface area contributed by atoms with Gasteiger partial charge in [0.2, 0.25) is 5.91 Å². The molecule has 2 N–H and O–H groups in total. The number of furan rings is 1. The highest BCUT2D eigenvalue weighted by molar-refractivity contribution is 6.03. The Labute approximate surface area is 123 Å². The predicted molar refractivity (Wildman–Crippen MR) is 81.5 cm³/mol. The standard InChI is InChI=1S/C16H18N2O3/c1-10(2)12-6-4-5-7-13(12)18-16(20)14-8-9-15(21-14)17-11(3)19/h4-10H,1-3H3,(H,17,19)(H,18,20). The highest BCUT2D eigenvalue weighted by atomic mass is 16.4. The fraction of sp³-hybridized carbons (Fsp3) is 0.250. The minimum Gasteiger partial charge on any atom is -0.435 e. The summed E-state index contributed by atoms with van der Waals surface area (Å²) in [7, 11) is 0. The summed E-state index contributed by atoms with van der Waals surface area (Å²) in [4.78, 5) is 23.1. The van der Waals surface area contributed by atoms with Crippen molar-refractivity contribution in [1.82, 2.24) is 0 Å². The van der Waals surface area contributed by atoms with Gasteiger partial charge >= 0.3 is 0 Å². The average molecular weight is 286 g/mol. The summed E-state index contributed by atoms with van der Waals surface area (Å²) in [5.41, 5.74) is 1.81. The SMILES string of the molecule is CC(=O)Nc1ccc(C(=O)Nc2ccccc2C(C)C)o1. The molecule has 2 aromatic rings. The zero-order valence-electron chi connectivity index (χ0n) is 12.3. The molecule has 1 aromatic heterocycles. The van der Waals surface area contributed by atoms with Gasteiger partial charge in [-0.05, 0) is 23.6 Å². The van der Waals surface area contributed by atoms with Crippen LogP contribution >= 0.6 is 0 Å². The summed E-state index contributed by atoms with van der Waals surface area (Å²) in [6, 6.07) is 10.7. The van der Waals surface area contributed by atoms with Crippen LogP contribution in [0.1, 0.15) is 42.8 Å². The van der Waals surface area contributed by atoms with Crippen LogP contribution in [-0.4, -0.2) is 11.8 Å². The number of carbonyl (C=O) groups excluding carboxylic acids is 2. The number of carbonyl (C=O) groups is 2. The summed E-state index contributed by atoms with van der Waals surface area (Å²) in [5, 5.41) is 5.32. The lowest BCUT2D eigenvalue weighted by molar-refractivity contribution is -0.114. The molecule has 0 spiro atoms. The second-order valence-electron chi connectivity index (χ2n) is 5.04. The lowest BCUT2D eigenvalue weighted by atomic mass is 10.0. The third-order valence-corrected chi connectivity index (χ3v) is 2.96. The van der Waals surface area contributed by atoms with Gasteiger partial charge in [0.25, 0.3) is 5.91 Å². The van der Waals surface area contributed by atoms with Crippen molar-refractivity contribution in [3.63, 3.8) is 0 Å². The van der Waals surface area contributed by atoms with Gasteiger partial charge in [0.1, 0.15) is 0 Å². The summed E-state index contributed by atoms with van der Waals surface area (Å²) in [6.07, 6.45) is 0. The molecule has 5 nitrogen and oxygen atoms in total. The Kier molecular flexibility index (Phi) is 4.42. The van der Waals surface area contributed by atoms with Crippen LogP contribution in [0.4, 0.5) is 11.6 Å². The molecule has 5 heteroatoms. The fourth-order valence-corrected chi connectivity index (χ4v) is 2.00. The molecule has 110 valence electrons. The van der Waals surface area contributed by atoms with Crippen molar-refractivity contribution >= 4 is 23.4 Å². The molecule has 2 rings (SSSR count). The van der Waals surface area contributed by atoms with Crippen LogP contribution in [0.15, 0.2) is 40.8 Å². The number of rotatable bonds is 4. The minimum atomic E-state index is -0.347. The van der Waals surface area contributed by atoms with E-state index in [1.54, 1.807) is 6.07 Å². The number of hydrogen-bond acceptors (Lipinski definition) is 3. The van der Waals surface area contributed by atoms with Crippen molar-refractivity contribution in [2.24, 2.45) is 0 Å². The maximum absolute atomic E-state index is 12.2. The van der Waals surface area contributed by atoms with E-state index in [9.17, 15) is 9.59 Å². The number of nitrogens with one attached hydrogen (secondary N) is 2. The van der Waals surface area contributed by atoms with E-state index in [0.717, 1.165) is 11.3 Å². The molecule has 0 saturated carbocycles. The van der Waals surface area contributed by atoms with Crippen molar-refractivity contribution in [2.75, 3.05) is 10.6 Å². The molecular formula is C16H18N2O3. The largest absolute Gasteiger partial charge is 0.435 e. The Morgan fingerprint density at radius 1 is 1.05 bits per heavy atom. The van der Waals surface area contributed by atoms with Crippen LogP contribution < -0.4 is 10.6 Å². The van der Waals surface area contributed by atoms with Gasteiger partial charge in [0, 0.05) is 18.7 Å². The third-order valence-electron chi connectivity index (χ3n) is 2.96. The first kappa shape index (κ1) is 14.8. The van der Waals surface area contributed by atoms with Gasteiger partial charge in [-0.15, -0.1) is 0 Å². The highest BCUT2D eigenvalue weighted by Crippen LogP contribution is 2.24. The fourth-order valence-electron chi connectivity index (χ4n) is 2.00. The Bertz CT molecular complexity index is 659. The molecule has 1 aromatic carbocycles. The molecule has 2 amide bonds. The van der Waals surface area contributed by atoms with Crippen LogP contribution in [-0.2, 0) is 4.79 Å². The maximum atomic E-state index is 12.2. The van der Waals surface area contributed by atoms with Crippen molar-refractivity contribution in [3.8, 4) is 0 Å². The van der Waals surface area contributed by atoms with Crippen LogP contribution in [0.3, 0.4) is 0 Å². The van der Waals surface area contributed by atoms with Crippen LogP contribution in [0.2, 0.25) is 0 Å². The van der Waals surface area contributed by atoms with E-state index in [4.69, 9.17) is 4.42 Å². The summed E-state index contributed by atoms with van der Waals surface area (Å²) in [5.74, 6) is 0.108. The number of para-hydroxylation sites is 1. The molecule has 0 aliphatic rings. The molecule has 1 heterocycles. The average Bonchev–Trinajstić information content (AvgIpc) is 2.86. The zero-order valence-corrected chi connectivity index (χ0v) is 12.3. The summed E-state index contributed by atoms with van der Waals surface area (Å²) >= 11 is 0. The number of anilines is 2. The minimum absolute atomic E-state index is 0.150.